The van der Waals surface area contributed by atoms with E-state index >= 15 is 0 Å². The average molecular weight is 233 g/mol. The van der Waals surface area contributed by atoms with Crippen molar-refractivity contribution < 1.29 is 14.6 Å². The molecular weight excluding hydrogens is 218 g/mol. The number of ether oxygens (including phenoxy) is 1. The molecule has 0 fully saturated rings. The molecule has 0 aromatic heterocycles. The Morgan fingerprint density at radius 3 is 2.82 bits per heavy atom. The number of hydrogen-bond acceptors (Lipinski definition) is 3. The molecule has 1 aromatic carbocycles. The van der Waals surface area contributed by atoms with Crippen LogP contribution in [-0.2, 0) is 4.74 Å². The summed E-state index contributed by atoms with van der Waals surface area (Å²) in [5.41, 5.74) is 1.55. The van der Waals surface area contributed by atoms with Gasteiger partial charge in [0.25, 0.3) is 0 Å². The molecule has 1 aliphatic rings. The summed E-state index contributed by atoms with van der Waals surface area (Å²) >= 11 is 0. The number of amides is 1. The summed E-state index contributed by atoms with van der Waals surface area (Å²) in [6, 6.07) is 7.37. The molecular formula is C13H15NO3. The number of fused-ring (bicyclic) bond motifs is 1. The predicted octanol–water partition coefficient (Wildman–Crippen LogP) is 2.38. The van der Waals surface area contributed by atoms with Crippen molar-refractivity contribution in [2.75, 3.05) is 4.90 Å². The van der Waals surface area contributed by atoms with Crippen LogP contribution in [0.3, 0.4) is 0 Å². The molecule has 0 radical (unpaired) electrons. The average Bonchev–Trinajstić information content (AvgIpc) is 2.27. The summed E-state index contributed by atoms with van der Waals surface area (Å²) in [6.45, 7) is 3.55. The number of carbonyl (C=O) groups excluding carboxylic acids is 1. The Morgan fingerprint density at radius 2 is 2.12 bits per heavy atom. The highest BCUT2D eigenvalue weighted by atomic mass is 16.6. The maximum absolute atomic E-state index is 11.9. The molecule has 1 amide bonds. The van der Waals surface area contributed by atoms with Gasteiger partial charge in [0, 0.05) is 0 Å². The molecule has 0 bridgehead atoms. The number of aliphatic hydroxyl groups is 1. The van der Waals surface area contributed by atoms with Crippen molar-refractivity contribution in [2.24, 2.45) is 0 Å². The van der Waals surface area contributed by atoms with E-state index in [1.807, 2.05) is 18.2 Å². The lowest BCUT2D eigenvalue weighted by Gasteiger charge is -2.30. The van der Waals surface area contributed by atoms with Gasteiger partial charge >= 0.3 is 6.09 Å². The van der Waals surface area contributed by atoms with Gasteiger partial charge in [-0.25, -0.2) is 9.69 Å². The van der Waals surface area contributed by atoms with E-state index in [1.165, 1.54) is 4.90 Å². The molecule has 1 aromatic rings. The summed E-state index contributed by atoms with van der Waals surface area (Å²) < 4.78 is 5.11. The SMILES string of the molecule is CC(C)OC(=O)N1c2ccccc2C=CC1O. The summed E-state index contributed by atoms with van der Waals surface area (Å²) in [5.74, 6) is 0. The second kappa shape index (κ2) is 4.59. The maximum Gasteiger partial charge on any atom is 0.416 e. The Bertz CT molecular complexity index is 454. The van der Waals surface area contributed by atoms with Crippen molar-refractivity contribution in [1.82, 2.24) is 0 Å². The number of para-hydroxylation sites is 1. The van der Waals surface area contributed by atoms with Gasteiger partial charge in [-0.15, -0.1) is 0 Å². The highest BCUT2D eigenvalue weighted by Crippen LogP contribution is 2.28. The van der Waals surface area contributed by atoms with E-state index in [-0.39, 0.29) is 6.10 Å². The van der Waals surface area contributed by atoms with E-state index in [2.05, 4.69) is 0 Å². The summed E-state index contributed by atoms with van der Waals surface area (Å²) in [7, 11) is 0. The summed E-state index contributed by atoms with van der Waals surface area (Å²) in [4.78, 5) is 13.1. The number of anilines is 1. The number of nitrogens with zero attached hydrogens (tertiary/aromatic N) is 1. The van der Waals surface area contributed by atoms with Crippen LogP contribution in [0.1, 0.15) is 19.4 Å². The fourth-order valence-electron chi connectivity index (χ4n) is 1.73. The van der Waals surface area contributed by atoms with Gasteiger partial charge in [-0.2, -0.15) is 0 Å². The van der Waals surface area contributed by atoms with Crippen molar-refractivity contribution in [2.45, 2.75) is 26.2 Å². The Labute approximate surface area is 100 Å². The van der Waals surface area contributed by atoms with Crippen LogP contribution in [0.4, 0.5) is 10.5 Å². The molecule has 1 N–H and O–H groups in total. The fraction of sp³-hybridized carbons (Fsp3) is 0.308. The van der Waals surface area contributed by atoms with Crippen molar-refractivity contribution in [3.8, 4) is 0 Å². The van der Waals surface area contributed by atoms with Crippen LogP contribution in [0.2, 0.25) is 0 Å². The lowest BCUT2D eigenvalue weighted by Crippen LogP contribution is -2.42. The third-order valence-corrected chi connectivity index (χ3v) is 2.44. The zero-order chi connectivity index (χ0) is 12.4. The van der Waals surface area contributed by atoms with Crippen LogP contribution in [0.15, 0.2) is 30.3 Å². The number of carbonyl (C=O) groups is 1. The molecule has 0 saturated heterocycles. The molecule has 1 heterocycles. The third kappa shape index (κ3) is 2.31. The normalized spacial score (nSPS) is 18.1. The Morgan fingerprint density at radius 1 is 1.41 bits per heavy atom. The number of benzene rings is 1. The fourth-order valence-corrected chi connectivity index (χ4v) is 1.73. The van der Waals surface area contributed by atoms with Crippen LogP contribution in [0.25, 0.3) is 6.08 Å². The van der Waals surface area contributed by atoms with Gasteiger partial charge in [-0.3, -0.25) is 0 Å². The maximum atomic E-state index is 11.9. The van der Waals surface area contributed by atoms with E-state index < -0.39 is 12.3 Å². The van der Waals surface area contributed by atoms with Crippen LogP contribution in [0.5, 0.6) is 0 Å². The molecule has 0 aliphatic carbocycles. The molecule has 2 rings (SSSR count). The van der Waals surface area contributed by atoms with Crippen LogP contribution in [-0.4, -0.2) is 23.5 Å². The van der Waals surface area contributed by atoms with E-state index in [4.69, 9.17) is 4.74 Å². The monoisotopic (exact) mass is 233 g/mol. The molecule has 17 heavy (non-hydrogen) atoms. The first-order valence-electron chi connectivity index (χ1n) is 5.54. The van der Waals surface area contributed by atoms with Crippen LogP contribution >= 0.6 is 0 Å². The van der Waals surface area contributed by atoms with Gasteiger partial charge < -0.3 is 9.84 Å². The van der Waals surface area contributed by atoms with E-state index in [1.54, 1.807) is 32.1 Å². The Kier molecular flexibility index (Phi) is 3.15. The van der Waals surface area contributed by atoms with Crippen LogP contribution < -0.4 is 4.90 Å². The van der Waals surface area contributed by atoms with E-state index in [0.29, 0.717) is 5.69 Å². The van der Waals surface area contributed by atoms with E-state index in [0.717, 1.165) is 5.56 Å². The topological polar surface area (TPSA) is 49.8 Å². The third-order valence-electron chi connectivity index (χ3n) is 2.44. The molecule has 1 aliphatic heterocycles. The van der Waals surface area contributed by atoms with Crippen molar-refractivity contribution in [3.63, 3.8) is 0 Å². The first kappa shape index (κ1) is 11.7. The molecule has 1 unspecified atom stereocenters. The molecule has 0 spiro atoms. The lowest BCUT2D eigenvalue weighted by atomic mass is 10.1. The quantitative estimate of drug-likeness (QED) is 0.810. The highest BCUT2D eigenvalue weighted by Gasteiger charge is 2.28. The first-order valence-corrected chi connectivity index (χ1v) is 5.54. The minimum atomic E-state index is -0.976. The zero-order valence-corrected chi connectivity index (χ0v) is 9.83. The van der Waals surface area contributed by atoms with Gasteiger partial charge in [0.15, 0.2) is 6.23 Å². The Hall–Kier alpha value is -1.81. The summed E-state index contributed by atoms with van der Waals surface area (Å²) in [6.07, 6.45) is 1.62. The minimum Gasteiger partial charge on any atom is -0.446 e. The number of aliphatic hydroxyl groups excluding tert-OH is 1. The highest BCUT2D eigenvalue weighted by molar-refractivity contribution is 5.93. The summed E-state index contributed by atoms with van der Waals surface area (Å²) in [5, 5.41) is 9.84. The zero-order valence-electron chi connectivity index (χ0n) is 9.83. The van der Waals surface area contributed by atoms with Crippen molar-refractivity contribution in [1.29, 1.82) is 0 Å². The molecule has 4 nitrogen and oxygen atoms in total. The first-order chi connectivity index (χ1) is 8.09. The molecule has 4 heteroatoms. The number of hydrogen-bond donors (Lipinski definition) is 1. The minimum absolute atomic E-state index is 0.215. The van der Waals surface area contributed by atoms with Gasteiger partial charge in [0.05, 0.1) is 11.8 Å². The van der Waals surface area contributed by atoms with Gasteiger partial charge in [0.2, 0.25) is 0 Å². The van der Waals surface area contributed by atoms with Gasteiger partial charge in [-0.1, -0.05) is 24.3 Å². The molecule has 0 saturated carbocycles. The number of rotatable bonds is 1. The Balaban J connectivity index is 2.33. The van der Waals surface area contributed by atoms with E-state index in [9.17, 15) is 9.90 Å². The van der Waals surface area contributed by atoms with Gasteiger partial charge in [0.1, 0.15) is 0 Å². The molecule has 1 atom stereocenters. The van der Waals surface area contributed by atoms with Gasteiger partial charge in [-0.05, 0) is 31.6 Å². The van der Waals surface area contributed by atoms with Crippen molar-refractivity contribution >= 4 is 17.9 Å². The largest absolute Gasteiger partial charge is 0.446 e. The second-order valence-electron chi connectivity index (χ2n) is 4.13. The van der Waals surface area contributed by atoms with Crippen molar-refractivity contribution in [3.05, 3.63) is 35.9 Å². The standard InChI is InChI=1S/C13H15NO3/c1-9(2)17-13(16)14-11-6-4-3-5-10(11)7-8-12(14)15/h3-9,12,15H,1-2H3. The predicted molar refractivity (Wildman–Crippen MR) is 65.6 cm³/mol. The molecule has 90 valence electrons. The van der Waals surface area contributed by atoms with Crippen LogP contribution in [0, 0.1) is 0 Å². The second-order valence-corrected chi connectivity index (χ2v) is 4.13. The smallest absolute Gasteiger partial charge is 0.416 e. The lowest BCUT2D eigenvalue weighted by molar-refractivity contribution is 0.108.